The van der Waals surface area contributed by atoms with Crippen molar-refractivity contribution in [2.45, 2.75) is 38.3 Å². The van der Waals surface area contributed by atoms with Gasteiger partial charge in [-0.2, -0.15) is 0 Å². The molecule has 0 bridgehead atoms. The summed E-state index contributed by atoms with van der Waals surface area (Å²) >= 11 is 0. The molecule has 5 heteroatoms. The number of aliphatic hydroxyl groups is 2. The third kappa shape index (κ3) is 6.84. The lowest BCUT2D eigenvalue weighted by Gasteiger charge is -2.02. The number of hydrogen-bond donors (Lipinski definition) is 2. The van der Waals surface area contributed by atoms with Crippen LogP contribution in [-0.4, -0.2) is 48.7 Å². The molecular weight excluding hydrogens is 248 g/mol. The minimum atomic E-state index is -1.30. The second kappa shape index (κ2) is 9.23. The Bertz CT molecular complexity index is 290. The molecule has 1 heterocycles. The van der Waals surface area contributed by atoms with Gasteiger partial charge in [0.25, 0.3) is 0 Å². The highest BCUT2D eigenvalue weighted by Gasteiger charge is 2.55. The molecule has 0 spiro atoms. The van der Waals surface area contributed by atoms with Gasteiger partial charge in [-0.3, -0.25) is 0 Å². The van der Waals surface area contributed by atoms with Gasteiger partial charge in [0, 0.05) is 0 Å². The predicted molar refractivity (Wildman–Crippen MR) is 71.5 cm³/mol. The summed E-state index contributed by atoms with van der Waals surface area (Å²) in [7, 11) is 0. The van der Waals surface area contributed by atoms with E-state index in [1.807, 2.05) is 6.08 Å². The van der Waals surface area contributed by atoms with Crippen LogP contribution in [0, 0.1) is 0 Å². The van der Waals surface area contributed by atoms with Gasteiger partial charge in [-0.1, -0.05) is 38.0 Å². The summed E-state index contributed by atoms with van der Waals surface area (Å²) in [6.45, 7) is 3.14. The van der Waals surface area contributed by atoms with Crippen LogP contribution in [0.2, 0.25) is 0 Å². The van der Waals surface area contributed by atoms with Gasteiger partial charge in [0.05, 0.1) is 26.4 Å². The zero-order valence-corrected chi connectivity index (χ0v) is 11.5. The van der Waals surface area contributed by atoms with Gasteiger partial charge >= 0.3 is 0 Å². The zero-order valence-electron chi connectivity index (χ0n) is 11.5. The maximum atomic E-state index is 9.85. The van der Waals surface area contributed by atoms with Crippen molar-refractivity contribution in [1.29, 1.82) is 0 Å². The Balaban J connectivity index is 2.08. The maximum Gasteiger partial charge on any atom is 0.241 e. The summed E-state index contributed by atoms with van der Waals surface area (Å²) in [6.07, 6.45) is 10.1. The topological polar surface area (TPSA) is 71.5 Å². The van der Waals surface area contributed by atoms with Crippen molar-refractivity contribution in [2.75, 3.05) is 26.4 Å². The SMILES string of the molecule is CCCC/C=C/C=C/C1(O)OC1OCCOCCO. The lowest BCUT2D eigenvalue weighted by Crippen LogP contribution is -2.15. The molecule has 1 saturated heterocycles. The minimum Gasteiger partial charge on any atom is -0.394 e. The molecule has 2 N–H and O–H groups in total. The van der Waals surface area contributed by atoms with Crippen LogP contribution in [0.4, 0.5) is 0 Å². The Hall–Kier alpha value is -0.720. The molecular formula is C14H24O5. The third-order valence-electron chi connectivity index (χ3n) is 2.62. The third-order valence-corrected chi connectivity index (χ3v) is 2.62. The number of rotatable bonds is 11. The summed E-state index contributed by atoms with van der Waals surface area (Å²) in [6, 6.07) is 0. The quantitative estimate of drug-likeness (QED) is 0.337. The van der Waals surface area contributed by atoms with Crippen LogP contribution >= 0.6 is 0 Å². The first-order valence-corrected chi connectivity index (χ1v) is 6.77. The first-order valence-electron chi connectivity index (χ1n) is 6.77. The Labute approximate surface area is 114 Å². The van der Waals surface area contributed by atoms with E-state index < -0.39 is 12.1 Å². The number of aliphatic hydroxyl groups excluding tert-OH is 1. The largest absolute Gasteiger partial charge is 0.394 e. The lowest BCUT2D eigenvalue weighted by molar-refractivity contribution is -0.00390. The van der Waals surface area contributed by atoms with Crippen LogP contribution in [0.15, 0.2) is 24.3 Å². The van der Waals surface area contributed by atoms with Crippen LogP contribution in [0.1, 0.15) is 26.2 Å². The predicted octanol–water partition coefficient (Wildman–Crippen LogP) is 1.36. The standard InChI is InChI=1S/C14H24O5/c1-2-3-4-5-6-7-8-14(16)13(19-14)18-12-11-17-10-9-15/h5-8,13,15-16H,2-4,9-12H2,1H3/b6-5+,8-7+. The van der Waals surface area contributed by atoms with E-state index in [0.29, 0.717) is 19.8 Å². The molecule has 0 aliphatic carbocycles. The van der Waals surface area contributed by atoms with Gasteiger partial charge in [-0.15, -0.1) is 0 Å². The van der Waals surface area contributed by atoms with Gasteiger partial charge in [0.2, 0.25) is 12.1 Å². The monoisotopic (exact) mass is 272 g/mol. The molecule has 2 unspecified atom stereocenters. The van der Waals surface area contributed by atoms with Crippen molar-refractivity contribution in [3.05, 3.63) is 24.3 Å². The number of ether oxygens (including phenoxy) is 3. The van der Waals surface area contributed by atoms with E-state index in [4.69, 9.17) is 19.3 Å². The smallest absolute Gasteiger partial charge is 0.241 e. The van der Waals surface area contributed by atoms with E-state index >= 15 is 0 Å². The molecule has 0 radical (unpaired) electrons. The first kappa shape index (κ1) is 16.3. The summed E-state index contributed by atoms with van der Waals surface area (Å²) < 4.78 is 15.3. The van der Waals surface area contributed by atoms with E-state index in [9.17, 15) is 5.11 Å². The fourth-order valence-corrected chi connectivity index (χ4v) is 1.48. The number of unbranched alkanes of at least 4 members (excludes halogenated alkanes) is 2. The van der Waals surface area contributed by atoms with E-state index in [1.54, 1.807) is 12.2 Å². The van der Waals surface area contributed by atoms with E-state index in [-0.39, 0.29) is 6.61 Å². The first-order chi connectivity index (χ1) is 9.23. The highest BCUT2D eigenvalue weighted by Crippen LogP contribution is 2.35. The van der Waals surface area contributed by atoms with Crippen LogP contribution in [0.25, 0.3) is 0 Å². The van der Waals surface area contributed by atoms with Crippen molar-refractivity contribution < 1.29 is 24.4 Å². The Kier molecular flexibility index (Phi) is 7.93. The lowest BCUT2D eigenvalue weighted by atomic mass is 10.2. The van der Waals surface area contributed by atoms with Crippen LogP contribution < -0.4 is 0 Å². The molecule has 1 aliphatic heterocycles. The van der Waals surface area contributed by atoms with Crippen molar-refractivity contribution in [3.8, 4) is 0 Å². The summed E-state index contributed by atoms with van der Waals surface area (Å²) in [5, 5.41) is 18.3. The molecule has 0 aromatic heterocycles. The number of hydrogen-bond acceptors (Lipinski definition) is 5. The molecule has 0 aromatic carbocycles. The van der Waals surface area contributed by atoms with Crippen LogP contribution in [0.3, 0.4) is 0 Å². The Morgan fingerprint density at radius 2 is 2.11 bits per heavy atom. The fourth-order valence-electron chi connectivity index (χ4n) is 1.48. The van der Waals surface area contributed by atoms with Crippen molar-refractivity contribution in [1.82, 2.24) is 0 Å². The summed E-state index contributed by atoms with van der Waals surface area (Å²) in [4.78, 5) is 0. The van der Waals surface area contributed by atoms with E-state index in [2.05, 4.69) is 13.0 Å². The molecule has 0 saturated carbocycles. The molecule has 5 nitrogen and oxygen atoms in total. The molecule has 0 amide bonds. The number of allylic oxidation sites excluding steroid dienone is 3. The van der Waals surface area contributed by atoms with E-state index in [0.717, 1.165) is 6.42 Å². The molecule has 2 atom stereocenters. The average molecular weight is 272 g/mol. The molecule has 110 valence electrons. The van der Waals surface area contributed by atoms with Gasteiger partial charge in [-0.25, -0.2) is 0 Å². The second-order valence-electron chi connectivity index (χ2n) is 4.34. The highest BCUT2D eigenvalue weighted by atomic mass is 16.9. The van der Waals surface area contributed by atoms with E-state index in [1.165, 1.54) is 12.8 Å². The molecule has 1 aliphatic rings. The second-order valence-corrected chi connectivity index (χ2v) is 4.34. The highest BCUT2D eigenvalue weighted by molar-refractivity contribution is 5.12. The van der Waals surface area contributed by atoms with Crippen LogP contribution in [0.5, 0.6) is 0 Å². The molecule has 1 fully saturated rings. The summed E-state index contributed by atoms with van der Waals surface area (Å²) in [5.41, 5.74) is 0. The molecule has 19 heavy (non-hydrogen) atoms. The van der Waals surface area contributed by atoms with Crippen molar-refractivity contribution in [3.63, 3.8) is 0 Å². The molecule has 1 rings (SSSR count). The van der Waals surface area contributed by atoms with Gasteiger partial charge in [0.15, 0.2) is 0 Å². The normalized spacial score (nSPS) is 26.6. The zero-order chi connectivity index (χ0) is 14.0. The maximum absolute atomic E-state index is 9.85. The fraction of sp³-hybridized carbons (Fsp3) is 0.714. The van der Waals surface area contributed by atoms with Crippen molar-refractivity contribution in [2.24, 2.45) is 0 Å². The number of epoxide rings is 1. The molecule has 0 aromatic rings. The average Bonchev–Trinajstić information content (AvgIpc) is 3.04. The van der Waals surface area contributed by atoms with Crippen molar-refractivity contribution >= 4 is 0 Å². The van der Waals surface area contributed by atoms with Gasteiger partial charge < -0.3 is 24.4 Å². The van der Waals surface area contributed by atoms with Gasteiger partial charge in [-0.05, 0) is 12.5 Å². The Morgan fingerprint density at radius 3 is 2.84 bits per heavy atom. The Morgan fingerprint density at radius 1 is 1.26 bits per heavy atom. The van der Waals surface area contributed by atoms with Crippen LogP contribution in [-0.2, 0) is 14.2 Å². The van der Waals surface area contributed by atoms with Gasteiger partial charge in [0.1, 0.15) is 0 Å². The summed E-state index contributed by atoms with van der Waals surface area (Å²) in [5.74, 6) is -1.30. The minimum absolute atomic E-state index is 0.00301.